The van der Waals surface area contributed by atoms with Gasteiger partial charge in [-0.15, -0.1) is 0 Å². The summed E-state index contributed by atoms with van der Waals surface area (Å²) in [5.74, 6) is 0.0859. The molecule has 0 saturated heterocycles. The molecule has 0 spiro atoms. The smallest absolute Gasteiger partial charge is 0.220 e. The Bertz CT molecular complexity index is 161. The summed E-state index contributed by atoms with van der Waals surface area (Å²) in [5, 5.41) is 2.84. The van der Waals surface area contributed by atoms with Crippen LogP contribution in [0.25, 0.3) is 0 Å². The van der Waals surface area contributed by atoms with Crippen molar-refractivity contribution in [1.29, 1.82) is 0 Å². The lowest BCUT2D eigenvalue weighted by Crippen LogP contribution is -2.27. The highest BCUT2D eigenvalue weighted by atomic mass is 16.5. The second-order valence-electron chi connectivity index (χ2n) is 3.83. The number of nitrogens with one attached hydrogen (secondary N) is 1. The number of ether oxygens (including phenoxy) is 1. The molecule has 1 amide bonds. The molecular formula is C11H24N2O2. The fourth-order valence-electron chi connectivity index (χ4n) is 1.10. The van der Waals surface area contributed by atoms with Gasteiger partial charge in [-0.25, -0.2) is 0 Å². The standard InChI is InChI=1S/C11H24N2O2/c1-3-8-15-9-4-7-13-11(14)6-5-10(2)12/h10H,3-9,12H2,1-2H3,(H,13,14). The summed E-state index contributed by atoms with van der Waals surface area (Å²) in [7, 11) is 0. The number of hydrogen-bond acceptors (Lipinski definition) is 3. The van der Waals surface area contributed by atoms with E-state index in [0.717, 1.165) is 32.5 Å². The SMILES string of the molecule is CCCOCCCNC(=O)CCC(C)N. The van der Waals surface area contributed by atoms with Gasteiger partial charge >= 0.3 is 0 Å². The van der Waals surface area contributed by atoms with Crippen LogP contribution in [-0.2, 0) is 9.53 Å². The highest BCUT2D eigenvalue weighted by Crippen LogP contribution is 1.93. The van der Waals surface area contributed by atoms with E-state index in [1.54, 1.807) is 0 Å². The largest absolute Gasteiger partial charge is 0.381 e. The second kappa shape index (κ2) is 9.93. The average Bonchev–Trinajstić information content (AvgIpc) is 2.20. The third kappa shape index (κ3) is 11.3. The zero-order valence-corrected chi connectivity index (χ0v) is 9.92. The van der Waals surface area contributed by atoms with Crippen molar-refractivity contribution in [1.82, 2.24) is 5.32 Å². The predicted molar refractivity (Wildman–Crippen MR) is 61.6 cm³/mol. The molecule has 1 atom stereocenters. The Balaban J connectivity index is 3.17. The molecule has 3 N–H and O–H groups in total. The van der Waals surface area contributed by atoms with Gasteiger partial charge in [-0.3, -0.25) is 4.79 Å². The summed E-state index contributed by atoms with van der Waals surface area (Å²) in [4.78, 5) is 11.2. The molecule has 0 aromatic carbocycles. The molecule has 15 heavy (non-hydrogen) atoms. The van der Waals surface area contributed by atoms with Crippen molar-refractivity contribution in [2.45, 2.75) is 45.6 Å². The van der Waals surface area contributed by atoms with E-state index in [9.17, 15) is 4.79 Å². The molecule has 0 saturated carbocycles. The molecule has 0 aliphatic heterocycles. The molecule has 0 aliphatic carbocycles. The van der Waals surface area contributed by atoms with Crippen molar-refractivity contribution in [2.75, 3.05) is 19.8 Å². The Labute approximate surface area is 92.6 Å². The van der Waals surface area contributed by atoms with Gasteiger partial charge in [0.1, 0.15) is 0 Å². The molecule has 4 nitrogen and oxygen atoms in total. The van der Waals surface area contributed by atoms with E-state index in [-0.39, 0.29) is 11.9 Å². The quantitative estimate of drug-likeness (QED) is 0.566. The first-order chi connectivity index (χ1) is 7.16. The van der Waals surface area contributed by atoms with Crippen LogP contribution in [-0.4, -0.2) is 31.7 Å². The van der Waals surface area contributed by atoms with Gasteiger partial charge < -0.3 is 15.8 Å². The number of carbonyl (C=O) groups is 1. The molecule has 0 radical (unpaired) electrons. The first-order valence-corrected chi connectivity index (χ1v) is 5.76. The highest BCUT2D eigenvalue weighted by Gasteiger charge is 2.02. The minimum atomic E-state index is 0.0859. The Hall–Kier alpha value is -0.610. The van der Waals surface area contributed by atoms with E-state index in [2.05, 4.69) is 12.2 Å². The maximum absolute atomic E-state index is 11.2. The zero-order chi connectivity index (χ0) is 11.5. The topological polar surface area (TPSA) is 64.3 Å². The third-order valence-corrected chi connectivity index (χ3v) is 1.96. The van der Waals surface area contributed by atoms with Gasteiger partial charge in [0.25, 0.3) is 0 Å². The van der Waals surface area contributed by atoms with Gasteiger partial charge in [0.15, 0.2) is 0 Å². The molecule has 0 rings (SSSR count). The lowest BCUT2D eigenvalue weighted by molar-refractivity contribution is -0.121. The summed E-state index contributed by atoms with van der Waals surface area (Å²) in [5.41, 5.74) is 5.55. The Morgan fingerprint density at radius 1 is 1.47 bits per heavy atom. The van der Waals surface area contributed by atoms with E-state index in [1.165, 1.54) is 0 Å². The molecule has 0 aliphatic rings. The van der Waals surface area contributed by atoms with Crippen molar-refractivity contribution >= 4 is 5.91 Å². The highest BCUT2D eigenvalue weighted by molar-refractivity contribution is 5.75. The van der Waals surface area contributed by atoms with Crippen molar-refractivity contribution in [2.24, 2.45) is 5.73 Å². The molecule has 0 bridgehead atoms. The first kappa shape index (κ1) is 14.4. The van der Waals surface area contributed by atoms with Gasteiger partial charge in [0.05, 0.1) is 0 Å². The van der Waals surface area contributed by atoms with Crippen LogP contribution in [0, 0.1) is 0 Å². The number of rotatable bonds is 9. The molecule has 4 heteroatoms. The Kier molecular flexibility index (Phi) is 9.52. The molecular weight excluding hydrogens is 192 g/mol. The molecule has 0 aromatic rings. The molecule has 0 fully saturated rings. The van der Waals surface area contributed by atoms with Gasteiger partial charge in [0.2, 0.25) is 5.91 Å². The van der Waals surface area contributed by atoms with E-state index in [0.29, 0.717) is 13.0 Å². The summed E-state index contributed by atoms with van der Waals surface area (Å²) < 4.78 is 5.29. The fraction of sp³-hybridized carbons (Fsp3) is 0.909. The second-order valence-corrected chi connectivity index (χ2v) is 3.83. The average molecular weight is 216 g/mol. The number of carbonyl (C=O) groups excluding carboxylic acids is 1. The summed E-state index contributed by atoms with van der Waals surface area (Å²) in [6, 6.07) is 0.101. The van der Waals surface area contributed by atoms with Crippen molar-refractivity contribution in [3.8, 4) is 0 Å². The molecule has 0 aromatic heterocycles. The number of nitrogens with two attached hydrogens (primary N) is 1. The maximum Gasteiger partial charge on any atom is 0.220 e. The Morgan fingerprint density at radius 2 is 2.20 bits per heavy atom. The minimum absolute atomic E-state index is 0.0859. The first-order valence-electron chi connectivity index (χ1n) is 5.76. The van der Waals surface area contributed by atoms with E-state index in [4.69, 9.17) is 10.5 Å². The fourth-order valence-corrected chi connectivity index (χ4v) is 1.10. The van der Waals surface area contributed by atoms with Gasteiger partial charge in [-0.05, 0) is 26.2 Å². The van der Waals surface area contributed by atoms with Crippen molar-refractivity contribution in [3.63, 3.8) is 0 Å². The van der Waals surface area contributed by atoms with Gasteiger partial charge in [-0.1, -0.05) is 6.92 Å². The number of amides is 1. The van der Waals surface area contributed by atoms with Crippen LogP contribution in [0.5, 0.6) is 0 Å². The number of hydrogen-bond donors (Lipinski definition) is 2. The van der Waals surface area contributed by atoms with Gasteiger partial charge in [-0.2, -0.15) is 0 Å². The molecule has 1 unspecified atom stereocenters. The molecule has 90 valence electrons. The van der Waals surface area contributed by atoms with Crippen molar-refractivity contribution < 1.29 is 9.53 Å². The van der Waals surface area contributed by atoms with E-state index >= 15 is 0 Å². The van der Waals surface area contributed by atoms with Crippen LogP contribution in [0.2, 0.25) is 0 Å². The monoisotopic (exact) mass is 216 g/mol. The predicted octanol–water partition coefficient (Wildman–Crippen LogP) is 1.05. The van der Waals surface area contributed by atoms with Gasteiger partial charge in [0, 0.05) is 32.2 Å². The Morgan fingerprint density at radius 3 is 2.80 bits per heavy atom. The lowest BCUT2D eigenvalue weighted by atomic mass is 10.2. The zero-order valence-electron chi connectivity index (χ0n) is 9.92. The van der Waals surface area contributed by atoms with Crippen LogP contribution in [0.15, 0.2) is 0 Å². The molecule has 0 heterocycles. The van der Waals surface area contributed by atoms with E-state index < -0.39 is 0 Å². The maximum atomic E-state index is 11.2. The van der Waals surface area contributed by atoms with Crippen LogP contribution in [0.3, 0.4) is 0 Å². The van der Waals surface area contributed by atoms with Crippen LogP contribution in [0.1, 0.15) is 39.5 Å². The lowest BCUT2D eigenvalue weighted by Gasteiger charge is -2.07. The minimum Gasteiger partial charge on any atom is -0.381 e. The summed E-state index contributed by atoms with van der Waals surface area (Å²) in [6.45, 7) is 6.21. The van der Waals surface area contributed by atoms with E-state index in [1.807, 2.05) is 6.92 Å². The van der Waals surface area contributed by atoms with Crippen LogP contribution in [0.4, 0.5) is 0 Å². The summed E-state index contributed by atoms with van der Waals surface area (Å²) in [6.07, 6.45) is 3.19. The normalized spacial score (nSPS) is 12.5. The van der Waals surface area contributed by atoms with Crippen LogP contribution < -0.4 is 11.1 Å². The van der Waals surface area contributed by atoms with Crippen LogP contribution >= 0.6 is 0 Å². The van der Waals surface area contributed by atoms with Crippen molar-refractivity contribution in [3.05, 3.63) is 0 Å². The third-order valence-electron chi connectivity index (χ3n) is 1.96. The summed E-state index contributed by atoms with van der Waals surface area (Å²) >= 11 is 0.